The molecule has 3 aliphatic heterocycles. The van der Waals surface area contributed by atoms with Gasteiger partial charge in [0.2, 0.25) is 0 Å². The van der Waals surface area contributed by atoms with E-state index in [-0.39, 0.29) is 11.5 Å². The highest BCUT2D eigenvalue weighted by molar-refractivity contribution is 5.93. The van der Waals surface area contributed by atoms with Crippen LogP contribution in [-0.4, -0.2) is 74.9 Å². The summed E-state index contributed by atoms with van der Waals surface area (Å²) >= 11 is 0. The largest absolute Gasteiger partial charge is 0.490 e. The number of aliphatic carboxylic acids is 1. The van der Waals surface area contributed by atoms with Crippen molar-refractivity contribution in [3.8, 4) is 5.75 Å². The van der Waals surface area contributed by atoms with Crippen molar-refractivity contribution >= 4 is 11.9 Å². The average molecular weight is 523 g/mol. The van der Waals surface area contributed by atoms with Gasteiger partial charge in [-0.1, -0.05) is 18.2 Å². The number of para-hydroxylation sites is 1. The first kappa shape index (κ1) is 27.0. The molecule has 11 heteroatoms. The number of alkyl halides is 3. The number of halogens is 3. The number of carboxylic acid groups (broad SMARTS) is 1. The van der Waals surface area contributed by atoms with Crippen LogP contribution < -0.4 is 4.74 Å². The SMILES string of the molecule is CC1(C)Cc2cccc(CN3CCC4(CC3)CCN(C(=O)c3cn[nH]c3)CC4)c2O1.O=C(O)C(F)(F)F. The Hall–Kier alpha value is -3.08. The molecule has 2 saturated heterocycles. The first-order valence-electron chi connectivity index (χ1n) is 12.5. The lowest BCUT2D eigenvalue weighted by Crippen LogP contribution is -2.48. The molecule has 202 valence electrons. The van der Waals surface area contributed by atoms with Crippen LogP contribution in [0.4, 0.5) is 13.2 Å². The zero-order valence-electron chi connectivity index (χ0n) is 21.1. The predicted molar refractivity (Wildman–Crippen MR) is 129 cm³/mol. The Morgan fingerprint density at radius 1 is 1.11 bits per heavy atom. The van der Waals surface area contributed by atoms with Gasteiger partial charge >= 0.3 is 12.1 Å². The number of likely N-dealkylation sites (tertiary alicyclic amines) is 2. The number of fused-ring (bicyclic) bond motifs is 1. The van der Waals surface area contributed by atoms with Gasteiger partial charge in [-0.3, -0.25) is 14.8 Å². The molecule has 0 unspecified atom stereocenters. The molecule has 37 heavy (non-hydrogen) atoms. The molecule has 3 aliphatic rings. The molecular weight excluding hydrogens is 489 g/mol. The van der Waals surface area contributed by atoms with Crippen molar-refractivity contribution < 1.29 is 32.6 Å². The van der Waals surface area contributed by atoms with Crippen molar-refractivity contribution in [2.45, 2.75) is 64.3 Å². The number of carbonyl (C=O) groups is 2. The molecule has 1 spiro atoms. The minimum atomic E-state index is -5.08. The van der Waals surface area contributed by atoms with Crippen molar-refractivity contribution in [2.75, 3.05) is 26.2 Å². The molecular formula is C26H33F3N4O4. The second-order valence-corrected chi connectivity index (χ2v) is 10.8. The fourth-order valence-corrected chi connectivity index (χ4v) is 5.46. The molecule has 1 aromatic heterocycles. The van der Waals surface area contributed by atoms with Crippen molar-refractivity contribution in [3.63, 3.8) is 0 Å². The van der Waals surface area contributed by atoms with Crippen LogP contribution in [0.15, 0.2) is 30.6 Å². The molecule has 5 rings (SSSR count). The van der Waals surface area contributed by atoms with E-state index in [1.165, 1.54) is 24.0 Å². The maximum atomic E-state index is 12.6. The highest BCUT2D eigenvalue weighted by Crippen LogP contribution is 2.43. The number of rotatable bonds is 3. The second kappa shape index (κ2) is 10.4. The molecule has 4 heterocycles. The number of hydrogen-bond acceptors (Lipinski definition) is 5. The van der Waals surface area contributed by atoms with Gasteiger partial charge in [-0.25, -0.2) is 4.79 Å². The van der Waals surface area contributed by atoms with Crippen LogP contribution in [0.2, 0.25) is 0 Å². The van der Waals surface area contributed by atoms with Crippen LogP contribution in [0.25, 0.3) is 0 Å². The van der Waals surface area contributed by atoms with E-state index in [2.05, 4.69) is 47.1 Å². The third kappa shape index (κ3) is 6.44. The highest BCUT2D eigenvalue weighted by Gasteiger charge is 2.40. The topological polar surface area (TPSA) is 98.8 Å². The van der Waals surface area contributed by atoms with E-state index in [1.54, 1.807) is 12.4 Å². The van der Waals surface area contributed by atoms with Crippen LogP contribution in [-0.2, 0) is 17.8 Å². The Morgan fingerprint density at radius 2 is 1.73 bits per heavy atom. The normalized spacial score (nSPS) is 20.5. The van der Waals surface area contributed by atoms with Gasteiger partial charge in [0.25, 0.3) is 5.91 Å². The number of nitrogens with one attached hydrogen (secondary N) is 1. The molecule has 0 saturated carbocycles. The fourth-order valence-electron chi connectivity index (χ4n) is 5.46. The van der Waals surface area contributed by atoms with E-state index in [0.29, 0.717) is 11.0 Å². The Kier molecular flexibility index (Phi) is 7.55. The van der Waals surface area contributed by atoms with E-state index in [0.717, 1.165) is 57.7 Å². The molecule has 2 N–H and O–H groups in total. The summed E-state index contributed by atoms with van der Waals surface area (Å²) in [7, 11) is 0. The van der Waals surface area contributed by atoms with Gasteiger partial charge in [0.1, 0.15) is 11.4 Å². The lowest BCUT2D eigenvalue weighted by Gasteiger charge is -2.47. The molecule has 2 aromatic rings. The molecule has 0 aliphatic carbocycles. The summed E-state index contributed by atoms with van der Waals surface area (Å²) in [5.74, 6) is -1.53. The average Bonchev–Trinajstić information content (AvgIpc) is 3.48. The van der Waals surface area contributed by atoms with Crippen LogP contribution >= 0.6 is 0 Å². The zero-order valence-corrected chi connectivity index (χ0v) is 21.1. The summed E-state index contributed by atoms with van der Waals surface area (Å²) in [5.41, 5.74) is 3.66. The van der Waals surface area contributed by atoms with Gasteiger partial charge in [0.15, 0.2) is 0 Å². The standard InChI is InChI=1S/C24H32N4O2.C2HF3O2/c1-23(2)14-18-4-3-5-19(21(18)30-23)17-27-10-6-24(7-11-27)8-12-28(13-9-24)22(29)20-15-25-26-16-20;3-2(4,5)1(6)7/h3-5,15-16H,6-14,17H2,1-2H3,(H,25,26);(H,6,7). The highest BCUT2D eigenvalue weighted by atomic mass is 19.4. The molecule has 8 nitrogen and oxygen atoms in total. The van der Waals surface area contributed by atoms with Crippen molar-refractivity contribution in [1.29, 1.82) is 0 Å². The van der Waals surface area contributed by atoms with Gasteiger partial charge in [0, 0.05) is 37.8 Å². The van der Waals surface area contributed by atoms with E-state index in [1.807, 2.05) is 4.90 Å². The number of ether oxygens (including phenoxy) is 1. The van der Waals surface area contributed by atoms with Gasteiger partial charge < -0.3 is 14.7 Å². The summed E-state index contributed by atoms with van der Waals surface area (Å²) in [4.78, 5) is 26.0. The quantitative estimate of drug-likeness (QED) is 0.625. The molecule has 1 amide bonds. The number of carboxylic acids is 1. The smallest absolute Gasteiger partial charge is 0.487 e. The summed E-state index contributed by atoms with van der Waals surface area (Å²) in [5, 5.41) is 13.8. The summed E-state index contributed by atoms with van der Waals surface area (Å²) < 4.78 is 38.0. The van der Waals surface area contributed by atoms with Gasteiger partial charge in [-0.05, 0) is 63.6 Å². The first-order valence-corrected chi connectivity index (χ1v) is 12.5. The summed E-state index contributed by atoms with van der Waals surface area (Å²) in [6, 6.07) is 6.61. The minimum absolute atomic E-state index is 0.0910. The maximum absolute atomic E-state index is 12.6. The van der Waals surface area contributed by atoms with E-state index < -0.39 is 12.1 Å². The number of carbonyl (C=O) groups excluding carboxylic acids is 1. The number of amides is 1. The molecule has 2 fully saturated rings. The van der Waals surface area contributed by atoms with Crippen LogP contribution in [0, 0.1) is 5.41 Å². The Balaban J connectivity index is 0.000000405. The van der Waals surface area contributed by atoms with Crippen molar-refractivity contribution in [3.05, 3.63) is 47.3 Å². The van der Waals surface area contributed by atoms with Gasteiger partial charge in [0.05, 0.1) is 11.8 Å². The molecule has 0 atom stereocenters. The van der Waals surface area contributed by atoms with Crippen LogP contribution in [0.3, 0.4) is 0 Å². The number of benzene rings is 1. The predicted octanol–water partition coefficient (Wildman–Crippen LogP) is 4.27. The fraction of sp³-hybridized carbons (Fsp3) is 0.577. The van der Waals surface area contributed by atoms with Crippen molar-refractivity contribution in [1.82, 2.24) is 20.0 Å². The number of H-pyrrole nitrogens is 1. The van der Waals surface area contributed by atoms with E-state index >= 15 is 0 Å². The number of aromatic amines is 1. The summed E-state index contributed by atoms with van der Waals surface area (Å²) in [6.45, 7) is 9.29. The minimum Gasteiger partial charge on any atom is -0.487 e. The molecule has 0 radical (unpaired) electrons. The zero-order chi connectivity index (χ0) is 26.8. The van der Waals surface area contributed by atoms with Gasteiger partial charge in [-0.15, -0.1) is 0 Å². The number of hydrogen-bond donors (Lipinski definition) is 2. The lowest BCUT2D eigenvalue weighted by molar-refractivity contribution is -0.192. The Morgan fingerprint density at radius 3 is 2.30 bits per heavy atom. The third-order valence-corrected chi connectivity index (χ3v) is 7.58. The number of aromatic nitrogens is 2. The van der Waals surface area contributed by atoms with Crippen molar-refractivity contribution in [2.24, 2.45) is 5.41 Å². The first-order chi connectivity index (χ1) is 17.4. The van der Waals surface area contributed by atoms with Crippen LogP contribution in [0.5, 0.6) is 5.75 Å². The second-order valence-electron chi connectivity index (χ2n) is 10.8. The Labute approximate surface area is 213 Å². The van der Waals surface area contributed by atoms with Crippen LogP contribution in [0.1, 0.15) is 61.0 Å². The van der Waals surface area contributed by atoms with E-state index in [4.69, 9.17) is 14.6 Å². The third-order valence-electron chi connectivity index (χ3n) is 7.58. The Bertz CT molecular complexity index is 1100. The molecule has 0 bridgehead atoms. The lowest BCUT2D eigenvalue weighted by atomic mass is 9.71. The molecule has 1 aromatic carbocycles. The van der Waals surface area contributed by atoms with Gasteiger partial charge in [-0.2, -0.15) is 18.3 Å². The maximum Gasteiger partial charge on any atom is 0.490 e. The number of nitrogens with zero attached hydrogens (tertiary/aromatic N) is 3. The number of piperidine rings is 2. The van der Waals surface area contributed by atoms with E-state index in [9.17, 15) is 18.0 Å². The summed E-state index contributed by atoms with van der Waals surface area (Å²) in [6.07, 6.45) is 3.90. The monoisotopic (exact) mass is 522 g/mol.